The van der Waals surface area contributed by atoms with E-state index in [9.17, 15) is 59.7 Å². The van der Waals surface area contributed by atoms with Crippen molar-refractivity contribution in [2.45, 2.75) is 274 Å². The fraction of sp³-hybridized carbons (Fsp3) is 0.557. The Labute approximate surface area is 648 Å². The third-order valence-electron chi connectivity index (χ3n) is 18.9. The molecule has 24 heteroatoms. The summed E-state index contributed by atoms with van der Waals surface area (Å²) < 4.78 is 20.7. The van der Waals surface area contributed by atoms with E-state index in [1.165, 1.54) is 0 Å². The molecule has 4 aromatic rings. The molecule has 4 heterocycles. The number of esters is 4. The van der Waals surface area contributed by atoms with Crippen LogP contribution in [0.3, 0.4) is 0 Å². The van der Waals surface area contributed by atoms with Gasteiger partial charge in [0.2, 0.25) is 0 Å². The van der Waals surface area contributed by atoms with Gasteiger partial charge in [-0.15, -0.1) is 0 Å². The summed E-state index contributed by atoms with van der Waals surface area (Å²) in [5, 5.41) is 74.3. The van der Waals surface area contributed by atoms with Crippen molar-refractivity contribution < 1.29 is 78.7 Å². The van der Waals surface area contributed by atoms with Gasteiger partial charge in [-0.3, -0.25) is 19.2 Å². The number of halogens is 8. The van der Waals surface area contributed by atoms with Crippen molar-refractivity contribution in [3.63, 3.8) is 0 Å². The predicted octanol–water partition coefficient (Wildman–Crippen LogP) is 20.8. The largest absolute Gasteiger partial charge is 0.513 e. The molecule has 4 saturated heterocycles. The average molecular weight is 1590 g/mol. The lowest BCUT2D eigenvalue weighted by Crippen LogP contribution is -2.50. The van der Waals surface area contributed by atoms with Crippen molar-refractivity contribution in [1.82, 2.24) is 0 Å². The van der Waals surface area contributed by atoms with E-state index in [0.717, 1.165) is 205 Å². The molecule has 0 bridgehead atoms. The van der Waals surface area contributed by atoms with E-state index in [1.54, 1.807) is 24.3 Å². The number of cyclic esters (lactones) is 4. The van der Waals surface area contributed by atoms with E-state index >= 15 is 0 Å². The molecule has 0 aliphatic carbocycles. The van der Waals surface area contributed by atoms with Crippen molar-refractivity contribution >= 4 is 122 Å². The minimum atomic E-state index is -2.11. The lowest BCUT2D eigenvalue weighted by Gasteiger charge is -2.25. The van der Waals surface area contributed by atoms with Crippen LogP contribution in [0.15, 0.2) is 110 Å². The monoisotopic (exact) mass is 1590 g/mol. The average Bonchev–Trinajstić information content (AvgIpc) is 1.69. The molecule has 4 aromatic carbocycles. The van der Waals surface area contributed by atoms with Crippen LogP contribution >= 0.6 is 92.8 Å². The molecule has 0 amide bonds. The van der Waals surface area contributed by atoms with Gasteiger partial charge in [0.15, 0.2) is 28.7 Å². The summed E-state index contributed by atoms with van der Waals surface area (Å²) in [7, 11) is 0. The maximum absolute atomic E-state index is 11.8. The molecule has 8 rings (SSSR count). The SMILES string of the molecule is C.C=C(O)C1(O)CC(=O)OC1CCCCCCCCc1ccc(Cl)cc1Cl.C=C(O)C1(O)CC(=O)OC1CCCCCCCCc1ccc(Cl)cc1Cl.C=C(O)CC1CC(CCCCCCc2ccc(Cl)cc2Cl)OC1=O.CC(=O)C(O)C1(O)CC(CCCCCCc2ccc(Cl)cc2Cl)OC1=O. The Kier molecular flexibility index (Phi) is 40.3. The van der Waals surface area contributed by atoms with Crippen LogP contribution in [0, 0.1) is 5.92 Å². The molecule has 4 fully saturated rings. The van der Waals surface area contributed by atoms with E-state index in [-0.39, 0.29) is 50.4 Å². The molecule has 4 aliphatic rings. The quantitative estimate of drug-likeness (QED) is 0.00952. The molecule has 4 aliphatic heterocycles. The molecule has 0 spiro atoms. The fourth-order valence-electron chi connectivity index (χ4n) is 12.9. The first kappa shape index (κ1) is 90.6. The summed E-state index contributed by atoms with van der Waals surface area (Å²) in [5.41, 5.74) is -0.904. The van der Waals surface area contributed by atoms with Crippen molar-refractivity contribution in [2.24, 2.45) is 5.92 Å². The second-order valence-corrected chi connectivity index (χ2v) is 30.5. The molecule has 9 unspecified atom stereocenters. The molecule has 0 radical (unpaired) electrons. The van der Waals surface area contributed by atoms with E-state index in [2.05, 4.69) is 19.7 Å². The van der Waals surface area contributed by atoms with Crippen molar-refractivity contribution in [3.8, 4) is 0 Å². The highest BCUT2D eigenvalue weighted by atomic mass is 35.5. The highest BCUT2D eigenvalue weighted by molar-refractivity contribution is 6.36. The Morgan fingerprint density at radius 3 is 1.09 bits per heavy atom. The van der Waals surface area contributed by atoms with Gasteiger partial charge in [0.1, 0.15) is 35.9 Å². The number of Topliss-reactive ketones (excluding diaryl/α,β-unsaturated/α-hetero) is 1. The Hall–Kier alpha value is -4.79. The summed E-state index contributed by atoms with van der Waals surface area (Å²) in [6, 6.07) is 22.4. The van der Waals surface area contributed by atoms with E-state index in [1.807, 2.05) is 48.5 Å². The highest BCUT2D eigenvalue weighted by Crippen LogP contribution is 2.38. The second-order valence-electron chi connectivity index (χ2n) is 27.2. The lowest BCUT2D eigenvalue weighted by molar-refractivity contribution is -0.168. The first-order valence-electron chi connectivity index (χ1n) is 35.4. The number of rotatable bonds is 38. The van der Waals surface area contributed by atoms with Crippen molar-refractivity contribution in [2.75, 3.05) is 0 Å². The summed E-state index contributed by atoms with van der Waals surface area (Å²) in [4.78, 5) is 57.5. The zero-order chi connectivity index (χ0) is 75.2. The van der Waals surface area contributed by atoms with Gasteiger partial charge in [0.25, 0.3) is 0 Å². The molecule has 16 nitrogen and oxygen atoms in total. The Bertz CT molecular complexity index is 3310. The van der Waals surface area contributed by atoms with Gasteiger partial charge in [-0.2, -0.15) is 0 Å². The number of hydrogen-bond donors (Lipinski definition) is 7. The Morgan fingerprint density at radius 1 is 0.466 bits per heavy atom. The number of carbonyl (C=O) groups is 5. The molecular weight excluding hydrogens is 1490 g/mol. The van der Waals surface area contributed by atoms with Gasteiger partial charge >= 0.3 is 23.9 Å². The molecular formula is C79H104Cl8O16. The standard InChI is InChI=1S/2C20H26Cl2O4.C19H24Cl2O5.C19H24Cl2O3.CH4/c2*1-14(23)20(25)13-19(24)26-18(20)9-7-5-3-2-4-6-8-15-10-11-16(21)12-17(15)22;1-12(22)17(23)19(25)11-15(26-18(19)24)7-5-3-2-4-6-13-8-9-14(20)10-16(13)21;1-13(22)10-15-11-17(24-19(15)23)7-5-3-2-4-6-14-8-9-16(20)12-18(14)21;/h2*10-12,18,23,25H,1-9,13H2;8-10,15,17,23,25H,2-7,11H2,1H3;8-9,12,15,17,22H,1-7,10-11H2;1H4. The van der Waals surface area contributed by atoms with Crippen LogP contribution in [0.25, 0.3) is 0 Å². The number of benzene rings is 4. The number of allylic oxidation sites excluding steroid dienone is 1. The topological polar surface area (TPSA) is 264 Å². The van der Waals surface area contributed by atoms with E-state index in [0.29, 0.717) is 57.2 Å². The number of hydrogen-bond acceptors (Lipinski definition) is 16. The Balaban J connectivity index is 0.000000290. The first-order valence-corrected chi connectivity index (χ1v) is 38.4. The fourth-order valence-corrected chi connectivity index (χ4v) is 14.9. The third kappa shape index (κ3) is 30.4. The summed E-state index contributed by atoms with van der Waals surface area (Å²) >= 11 is 48.2. The molecule has 0 aromatic heterocycles. The van der Waals surface area contributed by atoms with Crippen LogP contribution in [0.5, 0.6) is 0 Å². The number of unbranched alkanes of at least 4 members (excludes halogenated alkanes) is 16. The van der Waals surface area contributed by atoms with Gasteiger partial charge in [-0.1, -0.05) is 221 Å². The van der Waals surface area contributed by atoms with Crippen LogP contribution in [-0.2, 0) is 68.6 Å². The van der Waals surface area contributed by atoms with Crippen LogP contribution in [0.4, 0.5) is 0 Å². The van der Waals surface area contributed by atoms with Gasteiger partial charge in [-0.05, 0) is 187 Å². The maximum Gasteiger partial charge on any atom is 0.341 e. The van der Waals surface area contributed by atoms with Crippen molar-refractivity contribution in [1.29, 1.82) is 0 Å². The number of ketones is 1. The normalized spacial score (nSPS) is 22.0. The lowest BCUT2D eigenvalue weighted by atomic mass is 9.89. The predicted molar refractivity (Wildman–Crippen MR) is 411 cm³/mol. The minimum Gasteiger partial charge on any atom is -0.513 e. The number of carbonyl (C=O) groups excluding carboxylic acids is 5. The summed E-state index contributed by atoms with van der Waals surface area (Å²) in [6.07, 6.45) is 23.7. The number of aliphatic hydroxyl groups is 7. The van der Waals surface area contributed by atoms with E-state index in [4.69, 9.17) is 112 Å². The molecule has 7 N–H and O–H groups in total. The summed E-state index contributed by atoms with van der Waals surface area (Å²) in [6.45, 7) is 11.3. The van der Waals surface area contributed by atoms with Crippen LogP contribution in [-0.4, -0.2) is 113 Å². The molecule has 9 atom stereocenters. The number of aryl methyl sites for hydroxylation is 4. The van der Waals surface area contributed by atoms with Crippen molar-refractivity contribution in [3.05, 3.63) is 172 Å². The Morgan fingerprint density at radius 2 is 0.777 bits per heavy atom. The smallest absolute Gasteiger partial charge is 0.341 e. The van der Waals surface area contributed by atoms with Crippen LogP contribution in [0.1, 0.15) is 223 Å². The summed E-state index contributed by atoms with van der Waals surface area (Å²) in [5.74, 6) is -3.70. The number of aliphatic hydroxyl groups excluding tert-OH is 4. The number of ether oxygens (including phenoxy) is 4. The highest BCUT2D eigenvalue weighted by Gasteiger charge is 2.55. The van der Waals surface area contributed by atoms with Gasteiger partial charge < -0.3 is 54.7 Å². The van der Waals surface area contributed by atoms with Gasteiger partial charge in [0.05, 0.1) is 24.5 Å². The molecule has 103 heavy (non-hydrogen) atoms. The first-order chi connectivity index (χ1) is 48.3. The minimum absolute atomic E-state index is 0. The maximum atomic E-state index is 11.8. The molecule has 0 saturated carbocycles. The zero-order valence-electron chi connectivity index (χ0n) is 58.2. The van der Waals surface area contributed by atoms with E-state index < -0.39 is 76.4 Å². The van der Waals surface area contributed by atoms with Crippen LogP contribution in [0.2, 0.25) is 40.2 Å². The third-order valence-corrected chi connectivity index (χ3v) is 21.3. The van der Waals surface area contributed by atoms with Crippen LogP contribution < -0.4 is 0 Å². The van der Waals surface area contributed by atoms with Gasteiger partial charge in [-0.25, -0.2) is 4.79 Å². The second kappa shape index (κ2) is 45.8. The van der Waals surface area contributed by atoms with Gasteiger partial charge in [0, 0.05) is 53.0 Å². The molecule has 572 valence electrons. The zero-order valence-corrected chi connectivity index (χ0v) is 64.2.